The molecule has 1 fully saturated rings. The van der Waals surface area contributed by atoms with Gasteiger partial charge in [0.25, 0.3) is 0 Å². The highest BCUT2D eigenvalue weighted by Gasteiger charge is 2.46. The average molecular weight is 588 g/mol. The third kappa shape index (κ3) is 6.65. The monoisotopic (exact) mass is 587 g/mol. The van der Waals surface area contributed by atoms with Crippen LogP contribution in [0.25, 0.3) is 0 Å². The van der Waals surface area contributed by atoms with Crippen molar-refractivity contribution in [2.75, 3.05) is 29.5 Å². The van der Waals surface area contributed by atoms with Gasteiger partial charge in [0.2, 0.25) is 10.3 Å². The second-order valence-corrected chi connectivity index (χ2v) is 11.8. The van der Waals surface area contributed by atoms with Gasteiger partial charge < -0.3 is 9.74 Å². The number of aromatic nitrogens is 2. The molecule has 1 saturated heterocycles. The summed E-state index contributed by atoms with van der Waals surface area (Å²) in [6.07, 6.45) is -3.92. The van der Waals surface area contributed by atoms with E-state index in [1.54, 1.807) is 14.0 Å². The van der Waals surface area contributed by atoms with Crippen LogP contribution in [0.3, 0.4) is 0 Å². The summed E-state index contributed by atoms with van der Waals surface area (Å²) in [5, 5.41) is 0.490. The fraction of sp³-hybridized carbons (Fsp3) is 0.375. The molecule has 0 aliphatic carbocycles. The molecule has 0 unspecified atom stereocenters. The highest BCUT2D eigenvalue weighted by atomic mass is 32.2. The molecule has 1 aliphatic rings. The van der Waals surface area contributed by atoms with Gasteiger partial charge in [0.15, 0.2) is 5.82 Å². The number of nitrogens with zero attached hydrogens (tertiary/aromatic N) is 5. The van der Waals surface area contributed by atoms with E-state index in [0.29, 0.717) is 22.0 Å². The van der Waals surface area contributed by atoms with Crippen molar-refractivity contribution in [1.82, 2.24) is 14.9 Å². The number of aryl methyl sites for hydroxylation is 1. The molecule has 1 aliphatic heterocycles. The van der Waals surface area contributed by atoms with Crippen LogP contribution in [0.15, 0.2) is 52.9 Å². The summed E-state index contributed by atoms with van der Waals surface area (Å²) in [6, 6.07) is 12.9. The summed E-state index contributed by atoms with van der Waals surface area (Å²) >= 11 is 0.711. The highest BCUT2D eigenvalue weighted by Crippen LogP contribution is 2.36. The number of alkyl halides is 3. The van der Waals surface area contributed by atoms with Gasteiger partial charge in [0.05, 0.1) is 5.69 Å². The summed E-state index contributed by atoms with van der Waals surface area (Å²) in [4.78, 5) is 27.2. The Kier molecular flexibility index (Phi) is 8.42. The average Bonchev–Trinajstić information content (AvgIpc) is 3.29. The van der Waals surface area contributed by atoms with Crippen LogP contribution in [0.2, 0.25) is 0 Å². The number of hydrogen-bond acceptors (Lipinski definition) is 9. The molecule has 3 heterocycles. The van der Waals surface area contributed by atoms with Crippen molar-refractivity contribution < 1.29 is 35.6 Å². The zero-order chi connectivity index (χ0) is 28.4. The van der Waals surface area contributed by atoms with E-state index in [2.05, 4.69) is 31.8 Å². The normalized spacial score (nSPS) is 15.2. The predicted octanol–water partition coefficient (Wildman–Crippen LogP) is 4.30. The van der Waals surface area contributed by atoms with Crippen molar-refractivity contribution in [2.45, 2.75) is 42.9 Å². The van der Waals surface area contributed by atoms with Crippen LogP contribution in [0.1, 0.15) is 24.1 Å². The number of piperidine rings is 1. The third-order valence-corrected chi connectivity index (χ3v) is 9.31. The quantitative estimate of drug-likeness (QED) is 0.219. The number of anilines is 2. The van der Waals surface area contributed by atoms with Gasteiger partial charge in [-0.2, -0.15) is 31.0 Å². The summed E-state index contributed by atoms with van der Waals surface area (Å²) in [7, 11) is -3.21. The van der Waals surface area contributed by atoms with Gasteiger partial charge in [0.1, 0.15) is 5.00 Å². The third-order valence-electron chi connectivity index (χ3n) is 6.15. The first-order valence-electron chi connectivity index (χ1n) is 11.8. The largest absolute Gasteiger partial charge is 0.493 e. The van der Waals surface area contributed by atoms with E-state index in [9.17, 15) is 30.8 Å². The molecule has 15 heteroatoms. The van der Waals surface area contributed by atoms with Crippen LogP contribution in [0, 0.1) is 12.9 Å². The molecule has 1 aromatic carbocycles. The number of sulfonamides is 1. The minimum absolute atomic E-state index is 0.0655. The number of hydrogen-bond donors (Lipinski definition) is 0. The Morgan fingerprint density at radius 1 is 1.10 bits per heavy atom. The highest BCUT2D eigenvalue weighted by molar-refractivity contribution is 7.94. The van der Waals surface area contributed by atoms with Crippen LogP contribution in [0.5, 0.6) is 0 Å². The molecule has 39 heavy (non-hydrogen) atoms. The number of likely N-dealkylation sites (tertiary alicyclic amines) is 1. The maximum Gasteiger partial charge on any atom is 0.493 e. The minimum atomic E-state index is -5.51. The van der Waals surface area contributed by atoms with Crippen molar-refractivity contribution >= 4 is 38.1 Å². The maximum absolute atomic E-state index is 13.7. The molecule has 9 nitrogen and oxygen atoms in total. The van der Waals surface area contributed by atoms with Crippen molar-refractivity contribution in [3.8, 4) is 0 Å². The van der Waals surface area contributed by atoms with Crippen molar-refractivity contribution in [3.63, 3.8) is 0 Å². The lowest BCUT2D eigenvalue weighted by atomic mass is 10.0. The predicted molar refractivity (Wildman–Crippen MR) is 136 cm³/mol. The van der Waals surface area contributed by atoms with E-state index in [0.717, 1.165) is 50.7 Å². The fourth-order valence-corrected chi connectivity index (χ4v) is 6.79. The van der Waals surface area contributed by atoms with Gasteiger partial charge in [-0.05, 0) is 37.5 Å². The number of halogens is 4. The molecule has 4 rings (SSSR count). The lowest BCUT2D eigenvalue weighted by molar-refractivity contribution is -0.199. The number of pyridine rings is 1. The lowest BCUT2D eigenvalue weighted by Crippen LogP contribution is -2.43. The lowest BCUT2D eigenvalue weighted by Gasteiger charge is -2.37. The number of thiazole rings is 1. The van der Waals surface area contributed by atoms with Gasteiger partial charge in [0, 0.05) is 32.7 Å². The molecule has 3 aromatic rings. The van der Waals surface area contributed by atoms with Gasteiger partial charge in [-0.3, -0.25) is 4.90 Å². The number of benzene rings is 1. The second-order valence-electron chi connectivity index (χ2n) is 8.90. The van der Waals surface area contributed by atoms with Gasteiger partial charge in [-0.1, -0.05) is 52.2 Å². The first kappa shape index (κ1) is 28.7. The van der Waals surface area contributed by atoms with Gasteiger partial charge in [-0.15, -0.1) is 0 Å². The minimum Gasteiger partial charge on any atom is -0.362 e. The Morgan fingerprint density at radius 2 is 1.77 bits per heavy atom. The standard InChI is InChI=1S/C24H25F4N5O4S2/c1-16-21(31(2)18-11-13-32(14-12-18)15-17-7-4-3-5-8-17)38-23(29-16)39(35,36)33(37-22(34)24(26,27)28)20-10-6-9-19(25)30-20/h3-10,18H,11-15H2,1-2H3. The Labute approximate surface area is 226 Å². The molecule has 0 amide bonds. The number of carbonyl (C=O) groups is 1. The first-order chi connectivity index (χ1) is 18.4. The van der Waals surface area contributed by atoms with E-state index >= 15 is 0 Å². The van der Waals surface area contributed by atoms with Crippen molar-refractivity contribution in [3.05, 3.63) is 65.7 Å². The Hall–Kier alpha value is -3.30. The molecule has 210 valence electrons. The topological polar surface area (TPSA) is 95.9 Å². The molecule has 0 N–H and O–H groups in total. The smallest absolute Gasteiger partial charge is 0.362 e. The van der Waals surface area contributed by atoms with E-state index in [-0.39, 0.29) is 10.5 Å². The number of rotatable bonds is 8. The summed E-state index contributed by atoms with van der Waals surface area (Å²) in [5.41, 5.74) is 1.53. The van der Waals surface area contributed by atoms with E-state index in [1.807, 2.05) is 23.1 Å². The second kappa shape index (κ2) is 11.4. The van der Waals surface area contributed by atoms with Crippen LogP contribution < -0.4 is 9.37 Å². The van der Waals surface area contributed by atoms with E-state index in [1.165, 1.54) is 5.56 Å². The van der Waals surface area contributed by atoms with Gasteiger partial charge >= 0.3 is 22.2 Å². The zero-order valence-electron chi connectivity index (χ0n) is 20.9. The fourth-order valence-electron chi connectivity index (χ4n) is 4.19. The molecule has 2 aromatic heterocycles. The van der Waals surface area contributed by atoms with E-state index < -0.39 is 38.3 Å². The summed E-state index contributed by atoms with van der Waals surface area (Å²) in [5.74, 6) is -4.88. The molecule has 0 bridgehead atoms. The summed E-state index contributed by atoms with van der Waals surface area (Å²) in [6.45, 7) is 4.02. The van der Waals surface area contributed by atoms with Crippen LogP contribution >= 0.6 is 11.3 Å². The first-order valence-corrected chi connectivity index (χ1v) is 14.1. The molecular formula is C24H25F4N5O4S2. The number of carbonyl (C=O) groups excluding carboxylic acids is 1. The molecule has 0 saturated carbocycles. The molecule has 0 radical (unpaired) electrons. The molecule has 0 atom stereocenters. The van der Waals surface area contributed by atoms with Crippen molar-refractivity contribution in [2.24, 2.45) is 0 Å². The van der Waals surface area contributed by atoms with Crippen LogP contribution in [0.4, 0.5) is 28.4 Å². The Balaban J connectivity index is 1.54. The maximum atomic E-state index is 13.7. The Bertz CT molecular complexity index is 1410. The zero-order valence-corrected chi connectivity index (χ0v) is 22.6. The SMILES string of the molecule is Cc1nc(S(=O)(=O)N(OC(=O)C(F)(F)F)c2cccc(F)n2)sc1N(C)C1CCN(Cc2ccccc2)CC1. The van der Waals surface area contributed by atoms with Crippen molar-refractivity contribution in [1.29, 1.82) is 0 Å². The molecule has 0 spiro atoms. The van der Waals surface area contributed by atoms with E-state index in [4.69, 9.17) is 0 Å². The van der Waals surface area contributed by atoms with Crippen LogP contribution in [-0.4, -0.2) is 61.6 Å². The summed E-state index contributed by atoms with van der Waals surface area (Å²) < 4.78 is 78.1. The van der Waals surface area contributed by atoms with Crippen LogP contribution in [-0.2, 0) is 26.2 Å². The van der Waals surface area contributed by atoms with Gasteiger partial charge in [-0.25, -0.2) is 9.78 Å². The molecular weight excluding hydrogens is 562 g/mol. The Morgan fingerprint density at radius 3 is 2.38 bits per heavy atom.